The average molecular weight is 192 g/mol. The Morgan fingerprint density at radius 3 is 2.86 bits per heavy atom. The number of rotatable bonds is 3. The zero-order valence-corrected chi connectivity index (χ0v) is 8.64. The number of nitrogens with zero attached hydrogens (tertiary/aromatic N) is 3. The van der Waals surface area contributed by atoms with Gasteiger partial charge in [0.25, 0.3) is 0 Å². The Kier molecular flexibility index (Phi) is 3.91. The van der Waals surface area contributed by atoms with Crippen molar-refractivity contribution in [3.8, 4) is 0 Å². The van der Waals surface area contributed by atoms with Crippen LogP contribution < -0.4 is 5.73 Å². The fourth-order valence-corrected chi connectivity index (χ4v) is 1.18. The van der Waals surface area contributed by atoms with Crippen molar-refractivity contribution < 1.29 is 0 Å². The highest BCUT2D eigenvalue weighted by Gasteiger charge is 2.05. The van der Waals surface area contributed by atoms with Gasteiger partial charge in [0.2, 0.25) is 0 Å². The van der Waals surface area contributed by atoms with Crippen LogP contribution in [0.1, 0.15) is 12.6 Å². The summed E-state index contributed by atoms with van der Waals surface area (Å²) in [5, 5.41) is 0. The first-order valence-electron chi connectivity index (χ1n) is 4.65. The molecule has 0 aliphatic heterocycles. The van der Waals surface area contributed by atoms with Gasteiger partial charge < -0.3 is 10.6 Å². The van der Waals surface area contributed by atoms with Crippen molar-refractivity contribution in [2.45, 2.75) is 13.5 Å². The van der Waals surface area contributed by atoms with E-state index in [2.05, 4.69) is 9.98 Å². The van der Waals surface area contributed by atoms with Crippen LogP contribution in [-0.2, 0) is 6.54 Å². The first kappa shape index (κ1) is 10.5. The van der Waals surface area contributed by atoms with E-state index in [-0.39, 0.29) is 0 Å². The van der Waals surface area contributed by atoms with Crippen LogP contribution >= 0.6 is 0 Å². The van der Waals surface area contributed by atoms with Gasteiger partial charge in [0.05, 0.1) is 12.2 Å². The molecule has 0 fully saturated rings. The molecule has 0 aromatic carbocycles. The molecule has 0 bridgehead atoms. The topological polar surface area (TPSA) is 54.5 Å². The molecule has 1 rings (SSSR count). The van der Waals surface area contributed by atoms with E-state index in [1.165, 1.54) is 0 Å². The lowest BCUT2D eigenvalue weighted by molar-refractivity contribution is 0.424. The van der Waals surface area contributed by atoms with Crippen LogP contribution in [-0.4, -0.2) is 29.4 Å². The van der Waals surface area contributed by atoms with Gasteiger partial charge in [0, 0.05) is 19.8 Å². The Bertz CT molecular complexity index is 294. The van der Waals surface area contributed by atoms with Gasteiger partial charge in [-0.25, -0.2) is 0 Å². The summed E-state index contributed by atoms with van der Waals surface area (Å²) in [5.74, 6) is 0.554. The van der Waals surface area contributed by atoms with Crippen molar-refractivity contribution in [1.29, 1.82) is 0 Å². The molecule has 14 heavy (non-hydrogen) atoms. The summed E-state index contributed by atoms with van der Waals surface area (Å²) in [6.45, 7) is 3.58. The maximum atomic E-state index is 5.72. The molecule has 0 aliphatic rings. The Balaban J connectivity index is 2.67. The molecular formula is C10H16N4. The van der Waals surface area contributed by atoms with E-state index < -0.39 is 0 Å². The molecule has 1 aromatic heterocycles. The summed E-state index contributed by atoms with van der Waals surface area (Å²) in [5.41, 5.74) is 6.72. The van der Waals surface area contributed by atoms with E-state index in [9.17, 15) is 0 Å². The number of aromatic nitrogens is 1. The first-order chi connectivity index (χ1) is 6.77. The lowest BCUT2D eigenvalue weighted by Crippen LogP contribution is -2.36. The molecule has 0 unspecified atom stereocenters. The van der Waals surface area contributed by atoms with Crippen molar-refractivity contribution in [1.82, 2.24) is 9.88 Å². The summed E-state index contributed by atoms with van der Waals surface area (Å²) in [6.07, 6.45) is 1.78. The van der Waals surface area contributed by atoms with E-state index in [4.69, 9.17) is 5.73 Å². The molecule has 4 nitrogen and oxygen atoms in total. The van der Waals surface area contributed by atoms with E-state index >= 15 is 0 Å². The van der Waals surface area contributed by atoms with Crippen molar-refractivity contribution in [2.75, 3.05) is 13.6 Å². The van der Waals surface area contributed by atoms with Crippen molar-refractivity contribution in [3.05, 3.63) is 30.1 Å². The van der Waals surface area contributed by atoms with Crippen LogP contribution in [0.2, 0.25) is 0 Å². The summed E-state index contributed by atoms with van der Waals surface area (Å²) in [4.78, 5) is 10.2. The summed E-state index contributed by atoms with van der Waals surface area (Å²) >= 11 is 0. The minimum absolute atomic E-state index is 0.554. The highest BCUT2D eigenvalue weighted by molar-refractivity contribution is 5.77. The van der Waals surface area contributed by atoms with Crippen LogP contribution in [0.4, 0.5) is 0 Å². The third kappa shape index (κ3) is 2.73. The molecule has 1 heterocycles. The Morgan fingerprint density at radius 1 is 1.57 bits per heavy atom. The second-order valence-corrected chi connectivity index (χ2v) is 2.92. The minimum Gasteiger partial charge on any atom is -0.370 e. The molecular weight excluding hydrogens is 176 g/mol. The average Bonchev–Trinajstić information content (AvgIpc) is 2.26. The molecule has 2 N–H and O–H groups in total. The maximum absolute atomic E-state index is 5.72. The van der Waals surface area contributed by atoms with Gasteiger partial charge in [0.15, 0.2) is 5.96 Å². The second kappa shape index (κ2) is 5.21. The lowest BCUT2D eigenvalue weighted by atomic mass is 10.3. The molecule has 0 spiro atoms. The zero-order chi connectivity index (χ0) is 10.4. The molecule has 0 atom stereocenters. The van der Waals surface area contributed by atoms with Crippen molar-refractivity contribution >= 4 is 5.96 Å². The number of hydrogen-bond acceptors (Lipinski definition) is 2. The van der Waals surface area contributed by atoms with Crippen LogP contribution in [0.3, 0.4) is 0 Å². The second-order valence-electron chi connectivity index (χ2n) is 2.92. The molecule has 0 radical (unpaired) electrons. The van der Waals surface area contributed by atoms with E-state index in [0.29, 0.717) is 12.5 Å². The van der Waals surface area contributed by atoms with Gasteiger partial charge in [-0.15, -0.1) is 0 Å². The maximum Gasteiger partial charge on any atom is 0.191 e. The van der Waals surface area contributed by atoms with Gasteiger partial charge >= 0.3 is 0 Å². The third-order valence-electron chi connectivity index (χ3n) is 2.01. The summed E-state index contributed by atoms with van der Waals surface area (Å²) in [7, 11) is 1.69. The molecule has 0 amide bonds. The predicted molar refractivity (Wildman–Crippen MR) is 57.9 cm³/mol. The van der Waals surface area contributed by atoms with E-state index in [1.54, 1.807) is 13.2 Å². The normalized spacial score (nSPS) is 11.4. The zero-order valence-electron chi connectivity index (χ0n) is 8.64. The monoisotopic (exact) mass is 192 g/mol. The predicted octanol–water partition coefficient (Wildman–Crippen LogP) is 0.848. The number of nitrogens with two attached hydrogens (primary N) is 1. The number of hydrogen-bond donors (Lipinski definition) is 1. The SMILES string of the molecule is CCN(Cc1ccccn1)C(N)=NC. The summed E-state index contributed by atoms with van der Waals surface area (Å²) < 4.78 is 0. The fraction of sp³-hybridized carbons (Fsp3) is 0.400. The fourth-order valence-electron chi connectivity index (χ4n) is 1.18. The van der Waals surface area contributed by atoms with Gasteiger partial charge in [-0.05, 0) is 19.1 Å². The highest BCUT2D eigenvalue weighted by Crippen LogP contribution is 1.99. The molecule has 76 valence electrons. The Hall–Kier alpha value is -1.58. The molecule has 1 aromatic rings. The van der Waals surface area contributed by atoms with Crippen LogP contribution in [0.15, 0.2) is 29.4 Å². The Labute approximate surface area is 84.5 Å². The van der Waals surface area contributed by atoms with Crippen LogP contribution in [0.5, 0.6) is 0 Å². The van der Waals surface area contributed by atoms with Crippen molar-refractivity contribution in [2.24, 2.45) is 10.7 Å². The largest absolute Gasteiger partial charge is 0.370 e. The van der Waals surface area contributed by atoms with Crippen LogP contribution in [0.25, 0.3) is 0 Å². The molecule has 0 saturated heterocycles. The van der Waals surface area contributed by atoms with Gasteiger partial charge in [-0.3, -0.25) is 9.98 Å². The standard InChI is InChI=1S/C10H16N4/c1-3-14(10(11)12-2)8-9-6-4-5-7-13-9/h4-7H,3,8H2,1-2H3,(H2,11,12). The van der Waals surface area contributed by atoms with E-state index in [1.807, 2.05) is 30.0 Å². The van der Waals surface area contributed by atoms with Crippen molar-refractivity contribution in [3.63, 3.8) is 0 Å². The number of pyridine rings is 1. The van der Waals surface area contributed by atoms with Gasteiger partial charge in [-0.2, -0.15) is 0 Å². The minimum atomic E-state index is 0.554. The van der Waals surface area contributed by atoms with Gasteiger partial charge in [-0.1, -0.05) is 6.07 Å². The van der Waals surface area contributed by atoms with Gasteiger partial charge in [0.1, 0.15) is 0 Å². The Morgan fingerprint density at radius 2 is 2.36 bits per heavy atom. The molecule has 4 heteroatoms. The first-order valence-corrected chi connectivity index (χ1v) is 4.65. The summed E-state index contributed by atoms with van der Waals surface area (Å²) in [6, 6.07) is 5.85. The van der Waals surface area contributed by atoms with E-state index in [0.717, 1.165) is 12.2 Å². The number of aliphatic imine (C=N–C) groups is 1. The molecule has 0 aliphatic carbocycles. The number of guanidine groups is 1. The quantitative estimate of drug-likeness (QED) is 0.570. The van der Waals surface area contributed by atoms with Crippen LogP contribution in [0, 0.1) is 0 Å². The smallest absolute Gasteiger partial charge is 0.191 e. The third-order valence-corrected chi connectivity index (χ3v) is 2.01. The lowest BCUT2D eigenvalue weighted by Gasteiger charge is -2.20. The highest BCUT2D eigenvalue weighted by atomic mass is 15.2. The molecule has 0 saturated carbocycles.